The molecule has 1 aliphatic carbocycles. The highest BCUT2D eigenvalue weighted by atomic mass is 16.5. The number of aromatic nitrogens is 2. The minimum Gasteiger partial charge on any atom is -0.338 e. The molecule has 1 aromatic rings. The zero-order valence-corrected chi connectivity index (χ0v) is 10.5. The van der Waals surface area contributed by atoms with Crippen LogP contribution in [0.1, 0.15) is 56.8 Å². The quantitative estimate of drug-likeness (QED) is 0.874. The summed E-state index contributed by atoms with van der Waals surface area (Å²) in [6.07, 6.45) is 7.42. The Morgan fingerprint density at radius 2 is 2.24 bits per heavy atom. The largest absolute Gasteiger partial charge is 0.338 e. The van der Waals surface area contributed by atoms with E-state index < -0.39 is 0 Å². The standard InChI is InChI=1S/C13H21N3O/c1-9-5-6-14-11(7-9)13-15-12(16-17-13)8-10-3-2-4-10/h9-11,14H,2-8H2,1H3. The number of hydrogen-bond acceptors (Lipinski definition) is 4. The first-order chi connectivity index (χ1) is 8.31. The first-order valence-electron chi connectivity index (χ1n) is 6.87. The molecular formula is C13H21N3O. The van der Waals surface area contributed by atoms with E-state index in [1.807, 2.05) is 0 Å². The van der Waals surface area contributed by atoms with Gasteiger partial charge in [0.05, 0.1) is 6.04 Å². The van der Waals surface area contributed by atoms with Crippen LogP contribution >= 0.6 is 0 Å². The summed E-state index contributed by atoms with van der Waals surface area (Å²) < 4.78 is 5.40. The zero-order chi connectivity index (χ0) is 11.7. The van der Waals surface area contributed by atoms with Crippen molar-refractivity contribution in [2.75, 3.05) is 6.54 Å². The Hall–Kier alpha value is -0.900. The first-order valence-corrected chi connectivity index (χ1v) is 6.87. The normalized spacial score (nSPS) is 30.2. The predicted molar refractivity (Wildman–Crippen MR) is 64.5 cm³/mol. The highest BCUT2D eigenvalue weighted by Gasteiger charge is 2.26. The molecule has 1 saturated carbocycles. The fraction of sp³-hybridized carbons (Fsp3) is 0.846. The molecule has 4 heteroatoms. The van der Waals surface area contributed by atoms with E-state index in [0.29, 0.717) is 0 Å². The third-order valence-electron chi connectivity index (χ3n) is 4.14. The maximum absolute atomic E-state index is 5.40. The minimum absolute atomic E-state index is 0.279. The lowest BCUT2D eigenvalue weighted by molar-refractivity contribution is 0.257. The molecule has 1 saturated heterocycles. The maximum atomic E-state index is 5.40. The van der Waals surface area contributed by atoms with Crippen LogP contribution in [0.2, 0.25) is 0 Å². The van der Waals surface area contributed by atoms with Crippen LogP contribution in [0.25, 0.3) is 0 Å². The molecule has 1 aromatic heterocycles. The Balaban J connectivity index is 1.62. The van der Waals surface area contributed by atoms with Crippen LogP contribution in [-0.4, -0.2) is 16.7 Å². The lowest BCUT2D eigenvalue weighted by Gasteiger charge is -2.25. The predicted octanol–water partition coefficient (Wildman–Crippen LogP) is 2.47. The third-order valence-corrected chi connectivity index (χ3v) is 4.14. The Morgan fingerprint density at radius 1 is 1.35 bits per heavy atom. The number of nitrogens with zero attached hydrogens (tertiary/aromatic N) is 2. The van der Waals surface area contributed by atoms with Crippen molar-refractivity contribution in [2.45, 2.75) is 51.5 Å². The Bertz CT molecular complexity index is 372. The van der Waals surface area contributed by atoms with Crippen molar-refractivity contribution >= 4 is 0 Å². The average molecular weight is 235 g/mol. The van der Waals surface area contributed by atoms with Gasteiger partial charge >= 0.3 is 0 Å². The van der Waals surface area contributed by atoms with Crippen molar-refractivity contribution in [3.63, 3.8) is 0 Å². The molecule has 0 amide bonds. The molecule has 4 nitrogen and oxygen atoms in total. The van der Waals surface area contributed by atoms with E-state index in [-0.39, 0.29) is 6.04 Å². The lowest BCUT2D eigenvalue weighted by Crippen LogP contribution is -2.31. The van der Waals surface area contributed by atoms with E-state index >= 15 is 0 Å². The minimum atomic E-state index is 0.279. The number of rotatable bonds is 3. The van der Waals surface area contributed by atoms with Gasteiger partial charge in [0, 0.05) is 6.42 Å². The molecule has 1 aliphatic heterocycles. The smallest absolute Gasteiger partial charge is 0.243 e. The van der Waals surface area contributed by atoms with Gasteiger partial charge in [-0.15, -0.1) is 0 Å². The highest BCUT2D eigenvalue weighted by molar-refractivity contribution is 4.96. The second kappa shape index (κ2) is 4.77. The molecule has 2 aliphatic rings. The van der Waals surface area contributed by atoms with Gasteiger partial charge in [-0.2, -0.15) is 4.98 Å². The van der Waals surface area contributed by atoms with Crippen LogP contribution in [0, 0.1) is 11.8 Å². The molecule has 0 bridgehead atoms. The van der Waals surface area contributed by atoms with Crippen LogP contribution < -0.4 is 5.32 Å². The van der Waals surface area contributed by atoms with Crippen molar-refractivity contribution in [2.24, 2.45) is 11.8 Å². The van der Waals surface area contributed by atoms with Gasteiger partial charge in [-0.3, -0.25) is 0 Å². The summed E-state index contributed by atoms with van der Waals surface area (Å²) in [4.78, 5) is 4.55. The SMILES string of the molecule is CC1CCNC(c2nc(CC3CCC3)no2)C1. The van der Waals surface area contributed by atoms with Gasteiger partial charge in [-0.25, -0.2) is 0 Å². The molecule has 2 heterocycles. The van der Waals surface area contributed by atoms with E-state index in [1.165, 1.54) is 25.7 Å². The summed E-state index contributed by atoms with van der Waals surface area (Å²) in [5.41, 5.74) is 0. The molecule has 17 heavy (non-hydrogen) atoms. The molecule has 94 valence electrons. The van der Waals surface area contributed by atoms with Crippen LogP contribution in [0.5, 0.6) is 0 Å². The molecule has 0 aromatic carbocycles. The molecular weight excluding hydrogens is 214 g/mol. The van der Waals surface area contributed by atoms with Gasteiger partial charge in [0.15, 0.2) is 5.82 Å². The fourth-order valence-corrected chi connectivity index (χ4v) is 2.74. The van der Waals surface area contributed by atoms with E-state index in [1.54, 1.807) is 0 Å². The molecule has 2 unspecified atom stereocenters. The molecule has 2 atom stereocenters. The van der Waals surface area contributed by atoms with E-state index in [4.69, 9.17) is 4.52 Å². The van der Waals surface area contributed by atoms with Crippen LogP contribution in [0.4, 0.5) is 0 Å². The zero-order valence-electron chi connectivity index (χ0n) is 10.5. The van der Waals surface area contributed by atoms with Crippen LogP contribution in [-0.2, 0) is 6.42 Å². The van der Waals surface area contributed by atoms with Gasteiger partial charge in [0.1, 0.15) is 0 Å². The Labute approximate surface area is 102 Å². The molecule has 0 radical (unpaired) electrons. The Morgan fingerprint density at radius 3 is 2.94 bits per heavy atom. The van der Waals surface area contributed by atoms with E-state index in [9.17, 15) is 0 Å². The molecule has 2 fully saturated rings. The highest BCUT2D eigenvalue weighted by Crippen LogP contribution is 2.30. The summed E-state index contributed by atoms with van der Waals surface area (Å²) in [6, 6.07) is 0.279. The van der Waals surface area contributed by atoms with Crippen LogP contribution in [0.3, 0.4) is 0 Å². The molecule has 0 spiro atoms. The van der Waals surface area contributed by atoms with Crippen molar-refractivity contribution in [3.05, 3.63) is 11.7 Å². The van der Waals surface area contributed by atoms with Crippen molar-refractivity contribution in [1.29, 1.82) is 0 Å². The summed E-state index contributed by atoms with van der Waals surface area (Å²) in [5, 5.41) is 7.58. The van der Waals surface area contributed by atoms with Gasteiger partial charge in [0.25, 0.3) is 0 Å². The van der Waals surface area contributed by atoms with Gasteiger partial charge in [-0.05, 0) is 31.2 Å². The summed E-state index contributed by atoms with van der Waals surface area (Å²) in [6.45, 7) is 3.35. The number of hydrogen-bond donors (Lipinski definition) is 1. The number of nitrogens with one attached hydrogen (secondary N) is 1. The summed E-state index contributed by atoms with van der Waals surface area (Å²) in [5.74, 6) is 3.26. The van der Waals surface area contributed by atoms with Gasteiger partial charge in [0.2, 0.25) is 5.89 Å². The maximum Gasteiger partial charge on any atom is 0.243 e. The lowest BCUT2D eigenvalue weighted by atomic mass is 9.83. The third kappa shape index (κ3) is 2.51. The molecule has 3 rings (SSSR count). The van der Waals surface area contributed by atoms with Crippen molar-refractivity contribution < 1.29 is 4.52 Å². The second-order valence-electron chi connectivity index (χ2n) is 5.69. The van der Waals surface area contributed by atoms with Crippen LogP contribution in [0.15, 0.2) is 4.52 Å². The van der Waals surface area contributed by atoms with E-state index in [0.717, 1.165) is 42.9 Å². The monoisotopic (exact) mass is 235 g/mol. The van der Waals surface area contributed by atoms with Gasteiger partial charge in [-0.1, -0.05) is 31.3 Å². The summed E-state index contributed by atoms with van der Waals surface area (Å²) in [7, 11) is 0. The molecule has 1 N–H and O–H groups in total. The fourth-order valence-electron chi connectivity index (χ4n) is 2.74. The van der Waals surface area contributed by atoms with E-state index in [2.05, 4.69) is 22.4 Å². The topological polar surface area (TPSA) is 51.0 Å². The van der Waals surface area contributed by atoms with Gasteiger partial charge < -0.3 is 9.84 Å². The second-order valence-corrected chi connectivity index (χ2v) is 5.69. The number of piperidine rings is 1. The summed E-state index contributed by atoms with van der Waals surface area (Å²) >= 11 is 0. The van der Waals surface area contributed by atoms with Crippen molar-refractivity contribution in [1.82, 2.24) is 15.5 Å². The van der Waals surface area contributed by atoms with Crippen molar-refractivity contribution in [3.8, 4) is 0 Å². The first kappa shape index (κ1) is 11.2. The average Bonchev–Trinajstić information content (AvgIpc) is 2.72. The Kier molecular flexibility index (Phi) is 3.14.